The maximum absolute atomic E-state index is 13.2. The number of carbonyl (C=O) groups excluding carboxylic acids is 2. The van der Waals surface area contributed by atoms with Crippen LogP contribution < -0.4 is 10.6 Å². The molecule has 2 saturated heterocycles. The lowest BCUT2D eigenvalue weighted by atomic mass is 9.73. The van der Waals surface area contributed by atoms with Gasteiger partial charge in [-0.15, -0.1) is 0 Å². The summed E-state index contributed by atoms with van der Waals surface area (Å²) in [4.78, 5) is 29.5. The molecule has 3 rings (SSSR count). The SMILES string of the molecule is CCC(CNC)C1CCC2C(C1)N(C(=O)OC1CCCCN1)CC(C)N2C(=O)OC. The van der Waals surface area contributed by atoms with Crippen LogP contribution in [0.15, 0.2) is 0 Å². The zero-order chi connectivity index (χ0) is 21.7. The van der Waals surface area contributed by atoms with E-state index in [1.807, 2.05) is 23.8 Å². The molecule has 8 heteroatoms. The van der Waals surface area contributed by atoms with E-state index >= 15 is 0 Å². The predicted octanol–water partition coefficient (Wildman–Crippen LogP) is 2.78. The zero-order valence-corrected chi connectivity index (χ0v) is 19.1. The molecular formula is C22H40N4O4. The van der Waals surface area contributed by atoms with E-state index in [1.165, 1.54) is 7.11 Å². The monoisotopic (exact) mass is 424 g/mol. The molecule has 0 spiro atoms. The minimum absolute atomic E-state index is 0.0172. The second-order valence-corrected chi connectivity index (χ2v) is 9.13. The summed E-state index contributed by atoms with van der Waals surface area (Å²) in [6, 6.07) is -0.140. The van der Waals surface area contributed by atoms with E-state index in [1.54, 1.807) is 0 Å². The molecule has 0 aromatic rings. The van der Waals surface area contributed by atoms with Crippen molar-refractivity contribution in [1.82, 2.24) is 20.4 Å². The molecule has 6 unspecified atom stereocenters. The lowest BCUT2D eigenvalue weighted by molar-refractivity contribution is -0.0520. The molecule has 0 aromatic carbocycles. The van der Waals surface area contributed by atoms with Gasteiger partial charge < -0.3 is 19.7 Å². The number of hydrogen-bond donors (Lipinski definition) is 2. The van der Waals surface area contributed by atoms with Crippen molar-refractivity contribution in [1.29, 1.82) is 0 Å². The Morgan fingerprint density at radius 1 is 1.17 bits per heavy atom. The molecule has 0 radical (unpaired) electrons. The minimum atomic E-state index is -0.291. The number of ether oxygens (including phenoxy) is 2. The molecule has 2 N–H and O–H groups in total. The average molecular weight is 425 g/mol. The van der Waals surface area contributed by atoms with Gasteiger partial charge in [-0.05, 0) is 77.4 Å². The average Bonchev–Trinajstić information content (AvgIpc) is 2.76. The first kappa shape index (κ1) is 23.1. The van der Waals surface area contributed by atoms with E-state index in [0.29, 0.717) is 18.4 Å². The summed E-state index contributed by atoms with van der Waals surface area (Å²) in [5.74, 6) is 1.10. The van der Waals surface area contributed by atoms with Crippen molar-refractivity contribution in [2.45, 2.75) is 83.1 Å². The standard InChI is InChI=1S/C22H40N4O4/c1-5-16(13-23-3)17-9-10-18-19(12-17)25(14-15(2)26(18)22(28)29-4)21(27)30-20-8-6-7-11-24-20/h15-20,23-24H,5-14H2,1-4H3. The number of carbonyl (C=O) groups is 2. The first-order chi connectivity index (χ1) is 14.5. The fourth-order valence-corrected chi connectivity index (χ4v) is 5.73. The normalized spacial score (nSPS) is 32.9. The number of methoxy groups -OCH3 is 1. The number of nitrogens with one attached hydrogen (secondary N) is 2. The molecule has 1 aliphatic carbocycles. The molecule has 2 aliphatic heterocycles. The molecular weight excluding hydrogens is 384 g/mol. The Bertz CT molecular complexity index is 583. The highest BCUT2D eigenvalue weighted by atomic mass is 16.6. The quantitative estimate of drug-likeness (QED) is 0.706. The molecule has 3 fully saturated rings. The number of piperazine rings is 1. The van der Waals surface area contributed by atoms with Gasteiger partial charge in [-0.2, -0.15) is 0 Å². The molecule has 1 saturated carbocycles. The molecule has 2 amide bonds. The lowest BCUT2D eigenvalue weighted by Crippen LogP contribution is -2.67. The maximum Gasteiger partial charge on any atom is 0.411 e. The smallest absolute Gasteiger partial charge is 0.411 e. The summed E-state index contributed by atoms with van der Waals surface area (Å²) in [7, 11) is 3.43. The Hall–Kier alpha value is -1.54. The summed E-state index contributed by atoms with van der Waals surface area (Å²) >= 11 is 0. The van der Waals surface area contributed by atoms with Gasteiger partial charge >= 0.3 is 12.2 Å². The predicted molar refractivity (Wildman–Crippen MR) is 115 cm³/mol. The molecule has 172 valence electrons. The number of hydrogen-bond acceptors (Lipinski definition) is 6. The highest BCUT2D eigenvalue weighted by molar-refractivity contribution is 5.72. The van der Waals surface area contributed by atoms with Crippen LogP contribution in [-0.4, -0.2) is 80.1 Å². The third kappa shape index (κ3) is 5.02. The first-order valence-corrected chi connectivity index (χ1v) is 11.7. The van der Waals surface area contributed by atoms with Crippen molar-refractivity contribution >= 4 is 12.2 Å². The molecule has 0 aromatic heterocycles. The van der Waals surface area contributed by atoms with Gasteiger partial charge in [0.2, 0.25) is 0 Å². The summed E-state index contributed by atoms with van der Waals surface area (Å²) in [6.07, 6.45) is 6.28. The van der Waals surface area contributed by atoms with Crippen molar-refractivity contribution < 1.29 is 19.1 Å². The van der Waals surface area contributed by atoms with Crippen LogP contribution in [0.5, 0.6) is 0 Å². The Kier molecular flexibility index (Phi) is 8.22. The highest BCUT2D eigenvalue weighted by Crippen LogP contribution is 2.39. The molecule has 8 nitrogen and oxygen atoms in total. The van der Waals surface area contributed by atoms with Gasteiger partial charge in [-0.3, -0.25) is 10.2 Å². The zero-order valence-electron chi connectivity index (χ0n) is 19.1. The van der Waals surface area contributed by atoms with Gasteiger partial charge in [-0.25, -0.2) is 9.59 Å². The Labute approximate surface area is 181 Å². The molecule has 0 bridgehead atoms. The summed E-state index contributed by atoms with van der Waals surface area (Å²) in [6.45, 7) is 6.58. The summed E-state index contributed by atoms with van der Waals surface area (Å²) < 4.78 is 10.9. The molecule has 30 heavy (non-hydrogen) atoms. The van der Waals surface area contributed by atoms with Crippen LogP contribution >= 0.6 is 0 Å². The number of piperidine rings is 1. The number of amides is 2. The first-order valence-electron chi connectivity index (χ1n) is 11.7. The van der Waals surface area contributed by atoms with E-state index < -0.39 is 0 Å². The van der Waals surface area contributed by atoms with Crippen LogP contribution in [0, 0.1) is 11.8 Å². The number of rotatable bonds is 5. The Morgan fingerprint density at radius 2 is 1.97 bits per heavy atom. The van der Waals surface area contributed by atoms with E-state index in [-0.39, 0.29) is 36.5 Å². The third-order valence-corrected chi connectivity index (χ3v) is 7.30. The molecule has 2 heterocycles. The van der Waals surface area contributed by atoms with Gasteiger partial charge in [0.25, 0.3) is 0 Å². The maximum atomic E-state index is 13.2. The van der Waals surface area contributed by atoms with E-state index in [2.05, 4.69) is 17.6 Å². The fraction of sp³-hybridized carbons (Fsp3) is 0.909. The van der Waals surface area contributed by atoms with Crippen molar-refractivity contribution in [2.24, 2.45) is 11.8 Å². The number of fused-ring (bicyclic) bond motifs is 1. The fourth-order valence-electron chi connectivity index (χ4n) is 5.73. The highest BCUT2D eigenvalue weighted by Gasteiger charge is 2.49. The van der Waals surface area contributed by atoms with Gasteiger partial charge in [0, 0.05) is 6.54 Å². The Morgan fingerprint density at radius 3 is 2.60 bits per heavy atom. The topological polar surface area (TPSA) is 83.1 Å². The van der Waals surface area contributed by atoms with Gasteiger partial charge in [0.1, 0.15) is 0 Å². The summed E-state index contributed by atoms with van der Waals surface area (Å²) in [5, 5.41) is 6.62. The van der Waals surface area contributed by atoms with E-state index in [9.17, 15) is 9.59 Å². The van der Waals surface area contributed by atoms with E-state index in [4.69, 9.17) is 9.47 Å². The van der Waals surface area contributed by atoms with Crippen LogP contribution in [0.2, 0.25) is 0 Å². The third-order valence-electron chi connectivity index (χ3n) is 7.30. The molecule has 6 atom stereocenters. The van der Waals surface area contributed by atoms with Crippen LogP contribution in [0.3, 0.4) is 0 Å². The van der Waals surface area contributed by atoms with Gasteiger partial charge in [0.15, 0.2) is 6.23 Å². The van der Waals surface area contributed by atoms with Crippen LogP contribution in [-0.2, 0) is 9.47 Å². The van der Waals surface area contributed by atoms with Crippen LogP contribution in [0.4, 0.5) is 9.59 Å². The van der Waals surface area contributed by atoms with Crippen molar-refractivity contribution in [3.8, 4) is 0 Å². The van der Waals surface area contributed by atoms with Crippen molar-refractivity contribution in [2.75, 3.05) is 33.8 Å². The lowest BCUT2D eigenvalue weighted by Gasteiger charge is -2.53. The van der Waals surface area contributed by atoms with Crippen LogP contribution in [0.25, 0.3) is 0 Å². The summed E-state index contributed by atoms with van der Waals surface area (Å²) in [5.41, 5.74) is 0. The number of nitrogens with zero attached hydrogens (tertiary/aromatic N) is 2. The van der Waals surface area contributed by atoms with Crippen LogP contribution in [0.1, 0.15) is 58.8 Å². The largest absolute Gasteiger partial charge is 0.453 e. The Balaban J connectivity index is 1.78. The van der Waals surface area contributed by atoms with Crippen molar-refractivity contribution in [3.05, 3.63) is 0 Å². The van der Waals surface area contributed by atoms with Gasteiger partial charge in [-0.1, -0.05) is 13.3 Å². The molecule has 3 aliphatic rings. The van der Waals surface area contributed by atoms with Gasteiger partial charge in [0.05, 0.1) is 25.2 Å². The van der Waals surface area contributed by atoms with E-state index in [0.717, 1.165) is 58.0 Å². The second kappa shape index (κ2) is 10.7. The second-order valence-electron chi connectivity index (χ2n) is 9.13. The van der Waals surface area contributed by atoms with Crippen molar-refractivity contribution in [3.63, 3.8) is 0 Å². The minimum Gasteiger partial charge on any atom is -0.453 e.